The third-order valence-corrected chi connectivity index (χ3v) is 3.70. The monoisotopic (exact) mass is 256 g/mol. The second-order valence-corrected chi connectivity index (χ2v) is 4.85. The lowest BCUT2D eigenvalue weighted by Gasteiger charge is -2.35. The van der Waals surface area contributed by atoms with E-state index in [1.54, 1.807) is 0 Å². The average molecular weight is 256 g/mol. The Morgan fingerprint density at radius 2 is 2.22 bits per heavy atom. The number of esters is 1. The number of carbonyl (C=O) groups is 2. The SMILES string of the molecule is CCC1(C(=O)NCCCC(=O)OC)CCCNC1. The highest BCUT2D eigenvalue weighted by Gasteiger charge is 2.37. The average Bonchev–Trinajstić information content (AvgIpc) is 2.43. The van der Waals surface area contributed by atoms with Gasteiger partial charge in [0.2, 0.25) is 5.91 Å². The Balaban J connectivity index is 2.32. The number of hydrogen-bond donors (Lipinski definition) is 2. The molecule has 1 aliphatic rings. The van der Waals surface area contributed by atoms with E-state index in [0.717, 1.165) is 32.4 Å². The lowest BCUT2D eigenvalue weighted by molar-refractivity contribution is -0.141. The van der Waals surface area contributed by atoms with Gasteiger partial charge in [0.25, 0.3) is 0 Å². The van der Waals surface area contributed by atoms with Crippen LogP contribution < -0.4 is 10.6 Å². The smallest absolute Gasteiger partial charge is 0.305 e. The van der Waals surface area contributed by atoms with Gasteiger partial charge in [0.05, 0.1) is 12.5 Å². The van der Waals surface area contributed by atoms with Crippen LogP contribution in [0, 0.1) is 5.41 Å². The summed E-state index contributed by atoms with van der Waals surface area (Å²) in [4.78, 5) is 23.1. The molecule has 0 saturated carbocycles. The number of methoxy groups -OCH3 is 1. The van der Waals surface area contributed by atoms with Gasteiger partial charge in [-0.15, -0.1) is 0 Å². The predicted octanol–water partition coefficient (Wildman–Crippen LogP) is 0.836. The molecule has 5 nitrogen and oxygen atoms in total. The number of piperidine rings is 1. The summed E-state index contributed by atoms with van der Waals surface area (Å²) in [6.45, 7) is 4.35. The van der Waals surface area contributed by atoms with E-state index in [9.17, 15) is 9.59 Å². The summed E-state index contributed by atoms with van der Waals surface area (Å²) in [5, 5.41) is 6.23. The van der Waals surface area contributed by atoms with E-state index in [1.807, 2.05) is 0 Å². The maximum atomic E-state index is 12.2. The summed E-state index contributed by atoms with van der Waals surface area (Å²) in [6, 6.07) is 0. The van der Waals surface area contributed by atoms with Gasteiger partial charge in [0, 0.05) is 19.5 Å². The van der Waals surface area contributed by atoms with Crippen molar-refractivity contribution in [1.29, 1.82) is 0 Å². The lowest BCUT2D eigenvalue weighted by Crippen LogP contribution is -2.50. The molecule has 0 aromatic rings. The van der Waals surface area contributed by atoms with Crippen molar-refractivity contribution in [3.8, 4) is 0 Å². The van der Waals surface area contributed by atoms with Gasteiger partial charge < -0.3 is 15.4 Å². The molecule has 1 aliphatic heterocycles. The molecule has 1 fully saturated rings. The Hall–Kier alpha value is -1.10. The first-order valence-electron chi connectivity index (χ1n) is 6.70. The number of nitrogens with one attached hydrogen (secondary N) is 2. The largest absolute Gasteiger partial charge is 0.469 e. The van der Waals surface area contributed by atoms with Gasteiger partial charge in [-0.1, -0.05) is 6.92 Å². The second kappa shape index (κ2) is 7.36. The van der Waals surface area contributed by atoms with Crippen molar-refractivity contribution in [2.75, 3.05) is 26.7 Å². The molecule has 0 spiro atoms. The molecule has 2 N–H and O–H groups in total. The molecule has 18 heavy (non-hydrogen) atoms. The van der Waals surface area contributed by atoms with Crippen LogP contribution in [0.4, 0.5) is 0 Å². The van der Waals surface area contributed by atoms with Crippen molar-refractivity contribution in [1.82, 2.24) is 10.6 Å². The van der Waals surface area contributed by atoms with Crippen LogP contribution in [0.5, 0.6) is 0 Å². The second-order valence-electron chi connectivity index (χ2n) is 4.85. The van der Waals surface area contributed by atoms with Gasteiger partial charge in [-0.2, -0.15) is 0 Å². The summed E-state index contributed by atoms with van der Waals surface area (Å²) >= 11 is 0. The van der Waals surface area contributed by atoms with E-state index in [4.69, 9.17) is 0 Å². The van der Waals surface area contributed by atoms with Crippen molar-refractivity contribution >= 4 is 11.9 Å². The number of amides is 1. The van der Waals surface area contributed by atoms with Crippen molar-refractivity contribution < 1.29 is 14.3 Å². The molecule has 104 valence electrons. The minimum Gasteiger partial charge on any atom is -0.469 e. The molecular weight excluding hydrogens is 232 g/mol. The fourth-order valence-electron chi connectivity index (χ4n) is 2.35. The molecular formula is C13H24N2O3. The van der Waals surface area contributed by atoms with Crippen LogP contribution in [0.15, 0.2) is 0 Å². The molecule has 1 amide bonds. The van der Waals surface area contributed by atoms with Crippen LogP contribution in [0.25, 0.3) is 0 Å². The molecule has 1 unspecified atom stereocenters. The Kier molecular flexibility index (Phi) is 6.12. The number of carbonyl (C=O) groups excluding carboxylic acids is 2. The third kappa shape index (κ3) is 3.98. The van der Waals surface area contributed by atoms with Crippen molar-refractivity contribution in [2.24, 2.45) is 5.41 Å². The van der Waals surface area contributed by atoms with Gasteiger partial charge in [0.15, 0.2) is 0 Å². The fourth-order valence-corrected chi connectivity index (χ4v) is 2.35. The summed E-state index contributed by atoms with van der Waals surface area (Å²) in [5.41, 5.74) is -0.260. The highest BCUT2D eigenvalue weighted by atomic mass is 16.5. The Labute approximate surface area is 109 Å². The van der Waals surface area contributed by atoms with E-state index in [2.05, 4.69) is 22.3 Å². The molecule has 0 bridgehead atoms. The van der Waals surface area contributed by atoms with Gasteiger partial charge in [-0.3, -0.25) is 9.59 Å². The topological polar surface area (TPSA) is 67.4 Å². The standard InChI is InChI=1S/C13H24N2O3/c1-3-13(7-5-8-14-10-13)12(17)15-9-4-6-11(16)18-2/h14H,3-10H2,1-2H3,(H,15,17). The Bertz CT molecular complexity index is 286. The maximum Gasteiger partial charge on any atom is 0.305 e. The highest BCUT2D eigenvalue weighted by Crippen LogP contribution is 2.30. The van der Waals surface area contributed by atoms with Crippen LogP contribution >= 0.6 is 0 Å². The molecule has 1 atom stereocenters. The normalized spacial score (nSPS) is 23.4. The van der Waals surface area contributed by atoms with Crippen LogP contribution in [0.1, 0.15) is 39.0 Å². The zero-order valence-corrected chi connectivity index (χ0v) is 11.4. The minimum absolute atomic E-state index is 0.113. The Morgan fingerprint density at radius 3 is 2.78 bits per heavy atom. The molecule has 0 aromatic heterocycles. The van der Waals surface area contributed by atoms with E-state index in [1.165, 1.54) is 7.11 Å². The zero-order chi connectivity index (χ0) is 13.4. The summed E-state index contributed by atoms with van der Waals surface area (Å²) in [6.07, 6.45) is 3.82. The lowest BCUT2D eigenvalue weighted by atomic mass is 9.77. The maximum absolute atomic E-state index is 12.2. The van der Waals surface area contributed by atoms with E-state index < -0.39 is 0 Å². The molecule has 0 aromatic carbocycles. The zero-order valence-electron chi connectivity index (χ0n) is 11.4. The van der Waals surface area contributed by atoms with Crippen LogP contribution in [-0.2, 0) is 14.3 Å². The highest BCUT2D eigenvalue weighted by molar-refractivity contribution is 5.83. The molecule has 5 heteroatoms. The van der Waals surface area contributed by atoms with Gasteiger partial charge in [0.1, 0.15) is 0 Å². The van der Waals surface area contributed by atoms with Crippen molar-refractivity contribution in [2.45, 2.75) is 39.0 Å². The van der Waals surface area contributed by atoms with Crippen LogP contribution in [0.3, 0.4) is 0 Å². The van der Waals surface area contributed by atoms with Crippen molar-refractivity contribution in [3.05, 3.63) is 0 Å². The summed E-state index contributed by atoms with van der Waals surface area (Å²) in [5.74, 6) is -0.115. The van der Waals surface area contributed by atoms with Gasteiger partial charge >= 0.3 is 5.97 Å². The molecule has 1 heterocycles. The third-order valence-electron chi connectivity index (χ3n) is 3.70. The number of rotatable bonds is 6. The first-order valence-corrected chi connectivity index (χ1v) is 6.70. The molecule has 1 rings (SSSR count). The summed E-state index contributed by atoms with van der Waals surface area (Å²) < 4.78 is 4.55. The van der Waals surface area contributed by atoms with Crippen LogP contribution in [0.2, 0.25) is 0 Å². The van der Waals surface area contributed by atoms with Gasteiger partial charge in [-0.25, -0.2) is 0 Å². The molecule has 0 aliphatic carbocycles. The number of ether oxygens (including phenoxy) is 1. The quantitative estimate of drug-likeness (QED) is 0.546. The van der Waals surface area contributed by atoms with E-state index in [0.29, 0.717) is 19.4 Å². The predicted molar refractivity (Wildman–Crippen MR) is 69.1 cm³/mol. The molecule has 1 saturated heterocycles. The minimum atomic E-state index is -0.260. The van der Waals surface area contributed by atoms with E-state index >= 15 is 0 Å². The fraction of sp³-hybridized carbons (Fsp3) is 0.846. The van der Waals surface area contributed by atoms with E-state index in [-0.39, 0.29) is 17.3 Å². The Morgan fingerprint density at radius 1 is 1.44 bits per heavy atom. The van der Waals surface area contributed by atoms with Gasteiger partial charge in [-0.05, 0) is 32.2 Å². The van der Waals surface area contributed by atoms with Crippen molar-refractivity contribution in [3.63, 3.8) is 0 Å². The molecule has 0 radical (unpaired) electrons. The summed E-state index contributed by atoms with van der Waals surface area (Å²) in [7, 11) is 1.38. The first-order chi connectivity index (χ1) is 8.64. The number of hydrogen-bond acceptors (Lipinski definition) is 4. The first kappa shape index (κ1) is 15.0. The van der Waals surface area contributed by atoms with Crippen LogP contribution in [-0.4, -0.2) is 38.6 Å².